The molecular weight excluding hydrogens is 329 g/mol. The summed E-state index contributed by atoms with van der Waals surface area (Å²) in [6, 6.07) is 5.26. The third kappa shape index (κ3) is 6.23. The van der Waals surface area contributed by atoms with Crippen LogP contribution < -0.4 is 10.6 Å². The molecule has 9 heteroatoms. The summed E-state index contributed by atoms with van der Waals surface area (Å²) in [6.45, 7) is 1.10. The quantitative estimate of drug-likeness (QED) is 0.620. The van der Waals surface area contributed by atoms with Gasteiger partial charge in [-0.05, 0) is 30.3 Å². The van der Waals surface area contributed by atoms with Gasteiger partial charge in [0, 0.05) is 30.4 Å². The molecule has 0 radical (unpaired) electrons. The van der Waals surface area contributed by atoms with Gasteiger partial charge in [-0.1, -0.05) is 12.1 Å². The number of anilines is 1. The molecule has 0 atom stereocenters. The Kier molecular flexibility index (Phi) is 5.91. The fraction of sp³-hybridized carbons (Fsp3) is 0.286. The fourth-order valence-corrected chi connectivity index (χ4v) is 2.46. The summed E-state index contributed by atoms with van der Waals surface area (Å²) in [5.74, 6) is 0. The predicted octanol–water partition coefficient (Wildman–Crippen LogP) is 3.71. The Bertz CT molecular complexity index is 631. The number of benzene rings is 1. The topological polar surface area (TPSA) is 59.0 Å². The maximum Gasteiger partial charge on any atom is 0.446 e. The summed E-state index contributed by atoms with van der Waals surface area (Å²) in [5.41, 5.74) is -4.28. The van der Waals surface area contributed by atoms with Crippen molar-refractivity contribution in [1.82, 2.24) is 14.9 Å². The Labute approximate surface area is 135 Å². The number of alkyl halides is 3. The lowest BCUT2D eigenvalue weighted by Gasteiger charge is -2.12. The van der Waals surface area contributed by atoms with E-state index < -0.39 is 11.5 Å². The number of thioether (sulfide) groups is 1. The molecule has 1 aromatic carbocycles. The van der Waals surface area contributed by atoms with Crippen molar-refractivity contribution in [2.75, 3.05) is 11.9 Å². The lowest BCUT2D eigenvalue weighted by molar-refractivity contribution is -0.0328. The predicted molar refractivity (Wildman–Crippen MR) is 82.2 cm³/mol. The highest BCUT2D eigenvalue weighted by atomic mass is 32.2. The minimum Gasteiger partial charge on any atom is -0.338 e. The van der Waals surface area contributed by atoms with Crippen LogP contribution >= 0.6 is 11.8 Å². The van der Waals surface area contributed by atoms with E-state index >= 15 is 0 Å². The zero-order valence-electron chi connectivity index (χ0n) is 12.0. The molecule has 0 aliphatic rings. The number of hydrogen-bond donors (Lipinski definition) is 2. The van der Waals surface area contributed by atoms with Gasteiger partial charge in [0.1, 0.15) is 0 Å². The molecule has 2 N–H and O–H groups in total. The number of imidazole rings is 1. The second-order valence-corrected chi connectivity index (χ2v) is 5.69. The van der Waals surface area contributed by atoms with Gasteiger partial charge >= 0.3 is 11.5 Å². The molecule has 1 aromatic heterocycles. The number of nitrogens with zero attached hydrogens (tertiary/aromatic N) is 2. The summed E-state index contributed by atoms with van der Waals surface area (Å²) in [7, 11) is 0. The largest absolute Gasteiger partial charge is 0.446 e. The summed E-state index contributed by atoms with van der Waals surface area (Å²) in [6.07, 6.45) is 5.83. The van der Waals surface area contributed by atoms with E-state index in [1.165, 1.54) is 18.2 Å². The van der Waals surface area contributed by atoms with Gasteiger partial charge in [-0.2, -0.15) is 13.2 Å². The number of halogens is 3. The van der Waals surface area contributed by atoms with Crippen LogP contribution in [-0.2, 0) is 6.54 Å². The number of carbonyl (C=O) groups excluding carboxylic acids is 1. The minimum absolute atomic E-state index is 0.0476. The van der Waals surface area contributed by atoms with E-state index in [0.717, 1.165) is 0 Å². The molecular formula is C14H15F3N4OS. The molecule has 124 valence electrons. The second kappa shape index (κ2) is 7.91. The number of urea groups is 1. The summed E-state index contributed by atoms with van der Waals surface area (Å²) in [4.78, 5) is 15.6. The van der Waals surface area contributed by atoms with Gasteiger partial charge in [0.2, 0.25) is 0 Å². The summed E-state index contributed by atoms with van der Waals surface area (Å²) < 4.78 is 39.3. The molecule has 0 saturated carbocycles. The lowest BCUT2D eigenvalue weighted by atomic mass is 10.3. The first-order valence-electron chi connectivity index (χ1n) is 6.79. The first-order chi connectivity index (χ1) is 10.9. The lowest BCUT2D eigenvalue weighted by Crippen LogP contribution is -2.30. The smallest absolute Gasteiger partial charge is 0.338 e. The number of carbonyl (C=O) groups is 1. The van der Waals surface area contributed by atoms with Gasteiger partial charge in [0.05, 0.1) is 12.0 Å². The average Bonchev–Trinajstić information content (AvgIpc) is 2.97. The molecule has 2 aromatic rings. The number of nitrogens with one attached hydrogen (secondary N) is 2. The zero-order chi connectivity index (χ0) is 16.7. The van der Waals surface area contributed by atoms with Crippen LogP contribution in [0.4, 0.5) is 23.7 Å². The number of hydrogen-bond acceptors (Lipinski definition) is 3. The Morgan fingerprint density at radius 1 is 1.30 bits per heavy atom. The molecule has 0 bridgehead atoms. The highest BCUT2D eigenvalue weighted by molar-refractivity contribution is 8.00. The molecule has 0 saturated heterocycles. The molecule has 2 amide bonds. The first-order valence-corrected chi connectivity index (χ1v) is 7.61. The van der Waals surface area contributed by atoms with Crippen LogP contribution in [0.3, 0.4) is 0 Å². The van der Waals surface area contributed by atoms with E-state index in [1.54, 1.807) is 18.6 Å². The van der Waals surface area contributed by atoms with Crippen molar-refractivity contribution in [3.63, 3.8) is 0 Å². The molecule has 0 unspecified atom stereocenters. The maximum atomic E-state index is 12.5. The van der Waals surface area contributed by atoms with Crippen molar-refractivity contribution in [2.24, 2.45) is 0 Å². The van der Waals surface area contributed by atoms with Crippen LogP contribution in [0, 0.1) is 0 Å². The van der Waals surface area contributed by atoms with Crippen LogP contribution in [0.1, 0.15) is 6.42 Å². The van der Waals surface area contributed by atoms with Crippen molar-refractivity contribution >= 4 is 23.5 Å². The number of amides is 2. The number of rotatable bonds is 6. The van der Waals surface area contributed by atoms with Crippen LogP contribution in [0.2, 0.25) is 0 Å². The molecule has 1 heterocycles. The second-order valence-electron chi connectivity index (χ2n) is 4.58. The van der Waals surface area contributed by atoms with Gasteiger partial charge in [-0.25, -0.2) is 9.78 Å². The van der Waals surface area contributed by atoms with Crippen molar-refractivity contribution < 1.29 is 18.0 Å². The third-order valence-electron chi connectivity index (χ3n) is 2.80. The van der Waals surface area contributed by atoms with Crippen molar-refractivity contribution in [3.05, 3.63) is 43.0 Å². The molecule has 2 rings (SSSR count). The molecule has 0 spiro atoms. The average molecular weight is 344 g/mol. The van der Waals surface area contributed by atoms with E-state index in [2.05, 4.69) is 15.6 Å². The third-order valence-corrected chi connectivity index (χ3v) is 3.61. The monoisotopic (exact) mass is 344 g/mol. The molecule has 0 fully saturated rings. The fourth-order valence-electron chi connectivity index (χ4n) is 1.83. The highest BCUT2D eigenvalue weighted by Gasteiger charge is 2.30. The molecule has 23 heavy (non-hydrogen) atoms. The number of para-hydroxylation sites is 1. The minimum atomic E-state index is -4.40. The van der Waals surface area contributed by atoms with Crippen molar-refractivity contribution in [2.45, 2.75) is 23.4 Å². The van der Waals surface area contributed by atoms with Gasteiger partial charge < -0.3 is 15.2 Å². The maximum absolute atomic E-state index is 12.5. The van der Waals surface area contributed by atoms with Crippen molar-refractivity contribution in [1.29, 1.82) is 0 Å². The molecule has 0 aliphatic carbocycles. The van der Waals surface area contributed by atoms with Crippen LogP contribution in [-0.4, -0.2) is 27.6 Å². The first kappa shape index (κ1) is 17.2. The number of aromatic nitrogens is 2. The van der Waals surface area contributed by atoms with Crippen LogP contribution in [0.15, 0.2) is 47.9 Å². The van der Waals surface area contributed by atoms with Crippen molar-refractivity contribution in [3.8, 4) is 0 Å². The Morgan fingerprint density at radius 2 is 2.09 bits per heavy atom. The van der Waals surface area contributed by atoms with E-state index in [1.807, 2.05) is 10.8 Å². The van der Waals surface area contributed by atoms with E-state index in [0.29, 0.717) is 19.5 Å². The standard InChI is InChI=1S/C14H15F3N4OS/c15-14(16,17)23-12-5-2-1-4-11(12)20-13(22)19-6-3-8-21-9-7-18-10-21/h1-2,4-5,7,9-10H,3,6,8H2,(H2,19,20,22). The highest BCUT2D eigenvalue weighted by Crippen LogP contribution is 2.40. The van der Waals surface area contributed by atoms with E-state index in [9.17, 15) is 18.0 Å². The van der Waals surface area contributed by atoms with Crippen LogP contribution in [0.5, 0.6) is 0 Å². The molecule has 5 nitrogen and oxygen atoms in total. The van der Waals surface area contributed by atoms with Gasteiger partial charge in [0.15, 0.2) is 0 Å². The van der Waals surface area contributed by atoms with Gasteiger partial charge in [0.25, 0.3) is 0 Å². The summed E-state index contributed by atoms with van der Waals surface area (Å²) >= 11 is -0.257. The normalized spacial score (nSPS) is 11.3. The zero-order valence-corrected chi connectivity index (χ0v) is 12.8. The van der Waals surface area contributed by atoms with Gasteiger partial charge in [-0.15, -0.1) is 0 Å². The van der Waals surface area contributed by atoms with E-state index in [4.69, 9.17) is 0 Å². The number of aryl methyl sites for hydroxylation is 1. The Balaban J connectivity index is 1.80. The summed E-state index contributed by atoms with van der Waals surface area (Å²) in [5, 5.41) is 5.05. The van der Waals surface area contributed by atoms with Gasteiger partial charge in [-0.3, -0.25) is 0 Å². The van der Waals surface area contributed by atoms with Crippen LogP contribution in [0.25, 0.3) is 0 Å². The molecule has 0 aliphatic heterocycles. The SMILES string of the molecule is O=C(NCCCn1ccnc1)Nc1ccccc1SC(F)(F)F. The van der Waals surface area contributed by atoms with E-state index in [-0.39, 0.29) is 22.3 Å². The Morgan fingerprint density at radius 3 is 2.78 bits per heavy atom. The Hall–Kier alpha value is -2.16.